The van der Waals surface area contributed by atoms with Crippen molar-refractivity contribution >= 4 is 20.0 Å². The van der Waals surface area contributed by atoms with E-state index in [2.05, 4.69) is 20.6 Å². The lowest BCUT2D eigenvalue weighted by Gasteiger charge is -2.37. The first-order valence-electron chi connectivity index (χ1n) is 15.2. The van der Waals surface area contributed by atoms with Crippen LogP contribution >= 0.6 is 8.25 Å². The Morgan fingerprint density at radius 2 is 1.60 bits per heavy atom. The van der Waals surface area contributed by atoms with Crippen molar-refractivity contribution in [2.75, 3.05) is 40.2 Å². The van der Waals surface area contributed by atoms with E-state index in [4.69, 9.17) is 23.5 Å². The van der Waals surface area contributed by atoms with Crippen molar-refractivity contribution in [1.29, 1.82) is 0 Å². The number of hydrogen-bond donors (Lipinski definition) is 3. The highest BCUT2D eigenvalue weighted by atomic mass is 31.1. The van der Waals surface area contributed by atoms with Crippen LogP contribution in [0, 0.1) is 6.92 Å². The molecule has 2 heterocycles. The molecule has 13 nitrogen and oxygen atoms in total. The maximum atomic E-state index is 13.2. The normalized spacial score (nSPS) is 18.3. The fourth-order valence-electron chi connectivity index (χ4n) is 5.77. The predicted molar refractivity (Wildman–Crippen MR) is 181 cm³/mol. The zero-order valence-corrected chi connectivity index (χ0v) is 28.2. The van der Waals surface area contributed by atoms with Gasteiger partial charge in [-0.3, -0.25) is 9.56 Å². The van der Waals surface area contributed by atoms with Crippen LogP contribution in [-0.2, 0) is 24.2 Å². The molecule has 1 aromatic heterocycles. The molecule has 252 valence electrons. The molecule has 14 heteroatoms. The molecule has 48 heavy (non-hydrogen) atoms. The molecule has 0 bridgehead atoms. The average Bonchev–Trinajstić information content (AvgIpc) is 3.50. The second-order valence-corrected chi connectivity index (χ2v) is 11.7. The highest BCUT2D eigenvalue weighted by molar-refractivity contribution is 7.32. The topological polar surface area (TPSA) is 155 Å². The van der Waals surface area contributed by atoms with Crippen molar-refractivity contribution in [2.45, 2.75) is 37.4 Å². The monoisotopic (exact) mass is 676 g/mol. The number of aromatic nitrogens is 2. The molecule has 3 aromatic carbocycles. The SMILES string of the molecule is CN=C(NC)Nc1nc(=O)n([C@H]2C[C@H](O[P+](=O)O)[C@@H](COC(c3ccccc3)(c3ccc(OC)cc3)c3ccc(OC)cc3)O2)cc1C. The number of aliphatic imine (C=N–C) groups is 1. The van der Waals surface area contributed by atoms with E-state index in [0.29, 0.717) is 28.8 Å². The first-order chi connectivity index (χ1) is 23.2. The number of ether oxygens (including phenoxy) is 4. The minimum absolute atomic E-state index is 0.0728. The lowest BCUT2D eigenvalue weighted by molar-refractivity contribution is -0.0917. The van der Waals surface area contributed by atoms with Gasteiger partial charge in [-0.05, 0) is 47.9 Å². The Morgan fingerprint density at radius 3 is 2.12 bits per heavy atom. The molecular weight excluding hydrogens is 637 g/mol. The Balaban J connectivity index is 1.53. The molecule has 1 fully saturated rings. The summed E-state index contributed by atoms with van der Waals surface area (Å²) in [6.07, 6.45) is -0.841. The van der Waals surface area contributed by atoms with Gasteiger partial charge in [0.2, 0.25) is 0 Å². The molecule has 4 atom stereocenters. The third-order valence-corrected chi connectivity index (χ3v) is 8.64. The van der Waals surface area contributed by atoms with E-state index >= 15 is 0 Å². The van der Waals surface area contributed by atoms with Gasteiger partial charge in [0.15, 0.2) is 5.96 Å². The lowest BCUT2D eigenvalue weighted by atomic mass is 9.80. The molecule has 1 aliphatic heterocycles. The van der Waals surface area contributed by atoms with Gasteiger partial charge >= 0.3 is 13.9 Å². The molecule has 0 spiro atoms. The van der Waals surface area contributed by atoms with E-state index in [9.17, 15) is 14.3 Å². The number of nitrogens with one attached hydrogen (secondary N) is 2. The number of anilines is 1. The first kappa shape index (κ1) is 34.7. The lowest BCUT2D eigenvalue weighted by Crippen LogP contribution is -2.38. The van der Waals surface area contributed by atoms with Crippen LogP contribution < -0.4 is 25.8 Å². The summed E-state index contributed by atoms with van der Waals surface area (Å²) < 4.78 is 43.0. The number of aryl methyl sites for hydroxylation is 1. The second kappa shape index (κ2) is 15.5. The number of benzene rings is 3. The molecule has 1 aliphatic rings. The Kier molecular flexibility index (Phi) is 11.2. The average molecular weight is 677 g/mol. The minimum Gasteiger partial charge on any atom is -0.497 e. The van der Waals surface area contributed by atoms with E-state index in [-0.39, 0.29) is 13.0 Å². The fourth-order valence-corrected chi connectivity index (χ4v) is 6.22. The molecule has 1 saturated heterocycles. The molecule has 0 aliphatic carbocycles. The summed E-state index contributed by atoms with van der Waals surface area (Å²) in [4.78, 5) is 31.3. The molecule has 1 unspecified atom stereocenters. The molecule has 5 rings (SSSR count). The van der Waals surface area contributed by atoms with Crippen LogP contribution in [0.2, 0.25) is 0 Å². The number of guanidine groups is 1. The zero-order valence-electron chi connectivity index (χ0n) is 27.3. The number of rotatable bonds is 12. The van der Waals surface area contributed by atoms with Gasteiger partial charge in [0.25, 0.3) is 0 Å². The van der Waals surface area contributed by atoms with Gasteiger partial charge in [-0.25, -0.2) is 4.79 Å². The summed E-state index contributed by atoms with van der Waals surface area (Å²) in [6, 6.07) is 24.9. The summed E-state index contributed by atoms with van der Waals surface area (Å²) in [7, 11) is 3.52. The minimum atomic E-state index is -2.99. The molecule has 0 radical (unpaired) electrons. The zero-order chi connectivity index (χ0) is 34.3. The summed E-state index contributed by atoms with van der Waals surface area (Å²) in [5, 5.41) is 5.88. The summed E-state index contributed by atoms with van der Waals surface area (Å²) in [6.45, 7) is 1.72. The van der Waals surface area contributed by atoms with Gasteiger partial charge in [0, 0.05) is 36.8 Å². The van der Waals surface area contributed by atoms with Crippen LogP contribution in [0.4, 0.5) is 5.82 Å². The maximum Gasteiger partial charge on any atom is 0.695 e. The van der Waals surface area contributed by atoms with Crippen LogP contribution in [0.1, 0.15) is 34.9 Å². The highest BCUT2D eigenvalue weighted by Crippen LogP contribution is 2.43. The Labute approximate surface area is 279 Å². The summed E-state index contributed by atoms with van der Waals surface area (Å²) >= 11 is 0. The first-order valence-corrected chi connectivity index (χ1v) is 16.3. The molecule has 0 amide bonds. The van der Waals surface area contributed by atoms with Crippen LogP contribution in [0.3, 0.4) is 0 Å². The Morgan fingerprint density at radius 1 is 1.02 bits per heavy atom. The Hall–Kier alpha value is -4.65. The molecule has 0 saturated carbocycles. The van der Waals surface area contributed by atoms with Gasteiger partial charge < -0.3 is 29.6 Å². The van der Waals surface area contributed by atoms with Crippen molar-refractivity contribution in [3.05, 3.63) is 118 Å². The third kappa shape index (κ3) is 7.40. The standard InChI is InChI=1S/C34H38N5O8P/c1-22-20-39(33(40)38-31(22)37-32(35-2)36-3)30-19-28(47-48(41)42)29(46-30)21-45-34(23-9-7-6-8-10-23,24-11-15-26(43-4)16-12-24)25-13-17-27(44-5)18-14-25/h6-18,20,28-30H,19,21H2,1-5H3,(H2-,35,36,37,38,40,41,42)/p+1/t28-,29+,30+/m0/s1. The van der Waals surface area contributed by atoms with Gasteiger partial charge in [0.05, 0.1) is 20.8 Å². The smallest absolute Gasteiger partial charge is 0.497 e. The molecular formula is C34H39N5O8P+. The molecule has 3 N–H and O–H groups in total. The fraction of sp³-hybridized carbons (Fsp3) is 0.324. The molecule has 4 aromatic rings. The van der Waals surface area contributed by atoms with Crippen molar-refractivity contribution in [3.8, 4) is 11.5 Å². The van der Waals surface area contributed by atoms with Crippen LogP contribution in [0.15, 0.2) is 94.8 Å². The van der Waals surface area contributed by atoms with Crippen LogP contribution in [0.25, 0.3) is 0 Å². The summed E-state index contributed by atoms with van der Waals surface area (Å²) in [5.74, 6) is 2.13. The van der Waals surface area contributed by atoms with E-state index in [0.717, 1.165) is 16.7 Å². The van der Waals surface area contributed by atoms with Crippen LogP contribution in [-0.4, -0.2) is 67.5 Å². The van der Waals surface area contributed by atoms with Crippen LogP contribution in [0.5, 0.6) is 11.5 Å². The van der Waals surface area contributed by atoms with Crippen molar-refractivity contribution in [3.63, 3.8) is 0 Å². The quantitative estimate of drug-likeness (QED) is 0.0840. The van der Waals surface area contributed by atoms with E-state index in [1.54, 1.807) is 41.4 Å². The van der Waals surface area contributed by atoms with Gasteiger partial charge in [-0.1, -0.05) is 54.6 Å². The van der Waals surface area contributed by atoms with Gasteiger partial charge in [-0.2, -0.15) is 4.98 Å². The van der Waals surface area contributed by atoms with Crippen molar-refractivity contribution in [2.24, 2.45) is 4.99 Å². The Bertz CT molecular complexity index is 1740. The second-order valence-electron chi connectivity index (χ2n) is 11.0. The maximum absolute atomic E-state index is 13.2. The van der Waals surface area contributed by atoms with Crippen molar-refractivity contribution in [1.82, 2.24) is 14.9 Å². The predicted octanol–water partition coefficient (Wildman–Crippen LogP) is 4.52. The van der Waals surface area contributed by atoms with Gasteiger partial charge in [-0.15, -0.1) is 9.42 Å². The van der Waals surface area contributed by atoms with Gasteiger partial charge in [0.1, 0.15) is 41.4 Å². The van der Waals surface area contributed by atoms with E-state index < -0.39 is 38.0 Å². The third-order valence-electron chi connectivity index (χ3n) is 8.19. The highest BCUT2D eigenvalue weighted by Gasteiger charge is 2.46. The summed E-state index contributed by atoms with van der Waals surface area (Å²) in [5.41, 5.74) is 1.34. The van der Waals surface area contributed by atoms with E-state index in [1.807, 2.05) is 78.9 Å². The number of methoxy groups -OCH3 is 2. The number of hydrogen-bond acceptors (Lipinski definition) is 9. The van der Waals surface area contributed by atoms with E-state index in [1.165, 1.54) is 4.57 Å². The largest absolute Gasteiger partial charge is 0.695 e. The number of nitrogens with zero attached hydrogens (tertiary/aromatic N) is 3. The van der Waals surface area contributed by atoms with Crippen molar-refractivity contribution < 1.29 is 32.9 Å².